The van der Waals surface area contributed by atoms with E-state index in [1.807, 2.05) is 22.8 Å². The van der Waals surface area contributed by atoms with Crippen molar-refractivity contribution in [3.63, 3.8) is 0 Å². The zero-order valence-electron chi connectivity index (χ0n) is 23.3. The Hall–Kier alpha value is -5.10. The van der Waals surface area contributed by atoms with Crippen molar-refractivity contribution in [1.29, 1.82) is 0 Å². The molecule has 0 fully saturated rings. The SMILES string of the molecule is COCCn1c(Cc2cc(F)c(-c3cccc(OCc4ccc(C)cc4F)n3)cc2F)nc2ccc(-c3nn[nH]n3)cc21. The van der Waals surface area contributed by atoms with E-state index >= 15 is 8.78 Å². The maximum absolute atomic E-state index is 15.5. The van der Waals surface area contributed by atoms with Gasteiger partial charge in [-0.3, -0.25) is 0 Å². The number of halogens is 3. The average molecular weight is 586 g/mol. The maximum Gasteiger partial charge on any atom is 0.214 e. The van der Waals surface area contributed by atoms with Crippen LogP contribution in [0.4, 0.5) is 13.2 Å². The summed E-state index contributed by atoms with van der Waals surface area (Å²) in [6.07, 6.45) is 0.0393. The molecule has 0 aliphatic heterocycles. The third kappa shape index (κ3) is 5.95. The quantitative estimate of drug-likeness (QED) is 0.216. The van der Waals surface area contributed by atoms with E-state index in [0.717, 1.165) is 28.8 Å². The van der Waals surface area contributed by atoms with Crippen LogP contribution >= 0.6 is 0 Å². The summed E-state index contributed by atoms with van der Waals surface area (Å²) in [6.45, 7) is 2.58. The summed E-state index contributed by atoms with van der Waals surface area (Å²) in [6, 6.07) is 17.4. The van der Waals surface area contributed by atoms with Gasteiger partial charge in [-0.1, -0.05) is 18.2 Å². The summed E-state index contributed by atoms with van der Waals surface area (Å²) >= 11 is 0. The highest BCUT2D eigenvalue weighted by Gasteiger charge is 2.18. The Kier molecular flexibility index (Phi) is 7.84. The predicted octanol–water partition coefficient (Wildman–Crippen LogP) is 5.82. The third-order valence-corrected chi connectivity index (χ3v) is 7.02. The first-order valence-electron chi connectivity index (χ1n) is 13.4. The van der Waals surface area contributed by atoms with Crippen LogP contribution in [0.2, 0.25) is 0 Å². The fraction of sp³-hybridized carbons (Fsp3) is 0.194. The molecule has 0 aliphatic rings. The molecule has 6 aromatic rings. The van der Waals surface area contributed by atoms with Gasteiger partial charge in [0.15, 0.2) is 0 Å². The molecule has 43 heavy (non-hydrogen) atoms. The van der Waals surface area contributed by atoms with Crippen molar-refractivity contribution in [3.05, 3.63) is 107 Å². The molecule has 3 heterocycles. The van der Waals surface area contributed by atoms with E-state index < -0.39 is 11.6 Å². The molecule has 3 aromatic carbocycles. The average Bonchev–Trinajstić information content (AvgIpc) is 3.65. The van der Waals surface area contributed by atoms with Gasteiger partial charge in [-0.15, -0.1) is 10.2 Å². The molecule has 3 aromatic heterocycles. The number of ether oxygens (including phenoxy) is 2. The van der Waals surface area contributed by atoms with E-state index in [0.29, 0.717) is 35.9 Å². The van der Waals surface area contributed by atoms with E-state index in [9.17, 15) is 4.39 Å². The van der Waals surface area contributed by atoms with E-state index in [-0.39, 0.29) is 41.5 Å². The Balaban J connectivity index is 1.27. The van der Waals surface area contributed by atoms with Crippen LogP contribution in [0.3, 0.4) is 0 Å². The predicted molar refractivity (Wildman–Crippen MR) is 153 cm³/mol. The monoisotopic (exact) mass is 585 g/mol. The van der Waals surface area contributed by atoms with Gasteiger partial charge in [0, 0.05) is 42.8 Å². The molecule has 0 saturated carbocycles. The molecule has 0 spiro atoms. The molecule has 0 unspecified atom stereocenters. The van der Waals surface area contributed by atoms with Crippen LogP contribution in [0.5, 0.6) is 5.88 Å². The smallest absolute Gasteiger partial charge is 0.214 e. The van der Waals surface area contributed by atoms with E-state index in [4.69, 9.17) is 14.5 Å². The lowest BCUT2D eigenvalue weighted by Crippen LogP contribution is -2.10. The molecule has 0 saturated heterocycles. The van der Waals surface area contributed by atoms with Gasteiger partial charge in [0.25, 0.3) is 0 Å². The molecular formula is C31H26F3N7O2. The molecule has 9 nitrogen and oxygen atoms in total. The third-order valence-electron chi connectivity index (χ3n) is 7.02. The highest BCUT2D eigenvalue weighted by atomic mass is 19.1. The van der Waals surface area contributed by atoms with Crippen molar-refractivity contribution >= 4 is 11.0 Å². The number of fused-ring (bicyclic) bond motifs is 1. The number of pyridine rings is 1. The number of hydrogen-bond donors (Lipinski definition) is 1. The topological polar surface area (TPSA) is 104 Å². The number of aryl methyl sites for hydroxylation is 1. The molecular weight excluding hydrogens is 559 g/mol. The first kappa shape index (κ1) is 28.0. The Labute approximate surface area is 244 Å². The molecule has 0 amide bonds. The first-order chi connectivity index (χ1) is 20.9. The number of tetrazole rings is 1. The summed E-state index contributed by atoms with van der Waals surface area (Å²) in [5.74, 6) is -0.512. The minimum Gasteiger partial charge on any atom is -0.473 e. The van der Waals surface area contributed by atoms with Gasteiger partial charge >= 0.3 is 0 Å². The van der Waals surface area contributed by atoms with Crippen LogP contribution in [0.1, 0.15) is 22.5 Å². The number of methoxy groups -OCH3 is 1. The van der Waals surface area contributed by atoms with Gasteiger partial charge in [0.2, 0.25) is 11.7 Å². The zero-order valence-corrected chi connectivity index (χ0v) is 23.3. The molecule has 0 bridgehead atoms. The molecule has 218 valence electrons. The Morgan fingerprint density at radius 3 is 2.53 bits per heavy atom. The van der Waals surface area contributed by atoms with Gasteiger partial charge in [0.05, 0.1) is 23.3 Å². The summed E-state index contributed by atoms with van der Waals surface area (Å²) in [7, 11) is 1.59. The number of imidazole rings is 1. The summed E-state index contributed by atoms with van der Waals surface area (Å²) in [4.78, 5) is 9.03. The fourth-order valence-electron chi connectivity index (χ4n) is 4.82. The van der Waals surface area contributed by atoms with Gasteiger partial charge < -0.3 is 14.0 Å². The van der Waals surface area contributed by atoms with E-state index in [1.54, 1.807) is 44.4 Å². The van der Waals surface area contributed by atoms with Crippen molar-refractivity contribution in [3.8, 4) is 28.5 Å². The summed E-state index contributed by atoms with van der Waals surface area (Å²) < 4.78 is 58.0. The number of nitrogens with zero attached hydrogens (tertiary/aromatic N) is 6. The van der Waals surface area contributed by atoms with Crippen molar-refractivity contribution in [2.75, 3.05) is 13.7 Å². The van der Waals surface area contributed by atoms with Crippen LogP contribution in [0, 0.1) is 24.4 Å². The molecule has 0 atom stereocenters. The zero-order chi connectivity index (χ0) is 29.9. The van der Waals surface area contributed by atoms with Crippen molar-refractivity contribution in [2.45, 2.75) is 26.5 Å². The summed E-state index contributed by atoms with van der Waals surface area (Å²) in [5, 5.41) is 14.1. The van der Waals surface area contributed by atoms with Crippen LogP contribution < -0.4 is 4.74 Å². The van der Waals surface area contributed by atoms with E-state index in [1.165, 1.54) is 6.07 Å². The van der Waals surface area contributed by atoms with Crippen molar-refractivity contribution in [2.24, 2.45) is 0 Å². The number of nitrogens with one attached hydrogen (secondary N) is 1. The second-order valence-corrected chi connectivity index (χ2v) is 9.96. The fourth-order valence-corrected chi connectivity index (χ4v) is 4.82. The van der Waals surface area contributed by atoms with Crippen molar-refractivity contribution < 1.29 is 22.6 Å². The highest BCUT2D eigenvalue weighted by Crippen LogP contribution is 2.29. The summed E-state index contributed by atoms with van der Waals surface area (Å²) in [5.41, 5.74) is 3.65. The number of rotatable bonds is 10. The van der Waals surface area contributed by atoms with Gasteiger partial charge in [-0.25, -0.2) is 23.1 Å². The highest BCUT2D eigenvalue weighted by molar-refractivity contribution is 5.81. The maximum atomic E-state index is 15.5. The lowest BCUT2D eigenvalue weighted by molar-refractivity contribution is 0.187. The van der Waals surface area contributed by atoms with E-state index in [2.05, 4.69) is 25.6 Å². The number of aromatic amines is 1. The van der Waals surface area contributed by atoms with Gasteiger partial charge in [-0.2, -0.15) is 5.21 Å². The normalized spacial score (nSPS) is 11.4. The standard InChI is InChI=1S/C31H26F3N7O2/c1-18-6-7-20(23(32)12-18)17-43-30-5-3-4-26(36-30)22-16-24(33)21(13-25(22)34)15-29-35-27-9-8-19(31-37-39-40-38-31)14-28(27)41(29)10-11-42-2/h3-9,12-14,16H,10-11,15,17H2,1-2H3,(H,37,38,39,40). The minimum atomic E-state index is -0.649. The molecule has 0 aliphatic carbocycles. The lowest BCUT2D eigenvalue weighted by atomic mass is 10.0. The Bertz CT molecular complexity index is 1910. The number of benzene rings is 3. The first-order valence-corrected chi connectivity index (χ1v) is 13.4. The van der Waals surface area contributed by atoms with Crippen LogP contribution in [0.25, 0.3) is 33.7 Å². The second kappa shape index (κ2) is 12.0. The number of aromatic nitrogens is 7. The van der Waals surface area contributed by atoms with Gasteiger partial charge in [0.1, 0.15) is 29.9 Å². The Morgan fingerprint density at radius 1 is 0.884 bits per heavy atom. The Morgan fingerprint density at radius 2 is 1.74 bits per heavy atom. The molecule has 1 N–H and O–H groups in total. The molecule has 6 rings (SSSR count). The minimum absolute atomic E-state index is 0.0224. The lowest BCUT2D eigenvalue weighted by Gasteiger charge is -2.12. The molecule has 12 heteroatoms. The number of H-pyrrole nitrogens is 1. The van der Waals surface area contributed by atoms with Gasteiger partial charge in [-0.05, 0) is 65.7 Å². The molecule has 0 radical (unpaired) electrons. The number of hydrogen-bond acceptors (Lipinski definition) is 7. The largest absolute Gasteiger partial charge is 0.473 e. The van der Waals surface area contributed by atoms with Crippen molar-refractivity contribution in [1.82, 2.24) is 35.2 Å². The van der Waals surface area contributed by atoms with Crippen LogP contribution in [0.15, 0.2) is 66.7 Å². The van der Waals surface area contributed by atoms with Crippen LogP contribution in [-0.2, 0) is 24.3 Å². The second-order valence-electron chi connectivity index (χ2n) is 9.96. The van der Waals surface area contributed by atoms with Crippen LogP contribution in [-0.4, -0.2) is 48.9 Å².